The van der Waals surface area contributed by atoms with Gasteiger partial charge < -0.3 is 10.8 Å². The number of nitro groups is 2. The molecule has 9 heteroatoms. The van der Waals surface area contributed by atoms with Gasteiger partial charge in [0, 0.05) is 6.07 Å². The van der Waals surface area contributed by atoms with Crippen LogP contribution in [0.5, 0.6) is 0 Å². The molecule has 0 aliphatic heterocycles. The normalized spacial score (nSPS) is 9.94. The molecule has 1 aromatic rings. The highest BCUT2D eigenvalue weighted by molar-refractivity contribution is 5.98. The number of aromatic carboxylic acids is 1. The quantitative estimate of drug-likeness (QED) is 0.456. The average Bonchev–Trinajstić information content (AvgIpc) is 2.15. The lowest BCUT2D eigenvalue weighted by Gasteiger charge is -2.05. The Hall–Kier alpha value is -2.71. The number of nitrogens with zero attached hydrogens (tertiary/aromatic N) is 2. The van der Waals surface area contributed by atoms with E-state index in [1.807, 2.05) is 0 Å². The zero-order valence-corrected chi connectivity index (χ0v) is 8.54. The van der Waals surface area contributed by atoms with Gasteiger partial charge in [-0.1, -0.05) is 0 Å². The summed E-state index contributed by atoms with van der Waals surface area (Å²) in [4.78, 5) is 30.3. The van der Waals surface area contributed by atoms with Crippen LogP contribution < -0.4 is 5.73 Å². The number of nitro benzene ring substituents is 2. The van der Waals surface area contributed by atoms with Crippen molar-refractivity contribution in [1.29, 1.82) is 0 Å². The number of nitrogens with two attached hydrogens (primary N) is 1. The average molecular weight is 241 g/mol. The topological polar surface area (TPSA) is 150 Å². The van der Waals surface area contributed by atoms with Crippen LogP contribution in [0.1, 0.15) is 15.9 Å². The molecule has 0 aliphatic carbocycles. The first-order chi connectivity index (χ1) is 7.77. The first-order valence-electron chi connectivity index (χ1n) is 4.22. The van der Waals surface area contributed by atoms with Crippen molar-refractivity contribution in [2.45, 2.75) is 6.92 Å². The van der Waals surface area contributed by atoms with E-state index in [2.05, 4.69) is 0 Å². The zero-order chi connectivity index (χ0) is 13.3. The summed E-state index contributed by atoms with van der Waals surface area (Å²) in [5.41, 5.74) is 2.38. The lowest BCUT2D eigenvalue weighted by atomic mass is 10.0. The summed E-state index contributed by atoms with van der Waals surface area (Å²) in [7, 11) is 0. The molecule has 0 unspecified atom stereocenters. The molecule has 9 nitrogen and oxygen atoms in total. The number of benzene rings is 1. The van der Waals surface area contributed by atoms with Crippen LogP contribution in [-0.2, 0) is 0 Å². The van der Waals surface area contributed by atoms with Crippen molar-refractivity contribution in [3.8, 4) is 0 Å². The zero-order valence-electron chi connectivity index (χ0n) is 8.54. The van der Waals surface area contributed by atoms with Crippen molar-refractivity contribution in [2.24, 2.45) is 0 Å². The third-order valence-electron chi connectivity index (χ3n) is 2.18. The molecule has 0 bridgehead atoms. The van der Waals surface area contributed by atoms with Crippen LogP contribution in [0.2, 0.25) is 0 Å². The Balaban J connectivity index is 3.76. The predicted molar refractivity (Wildman–Crippen MR) is 55.9 cm³/mol. The first kappa shape index (κ1) is 12.4. The molecule has 0 fully saturated rings. The van der Waals surface area contributed by atoms with Crippen LogP contribution >= 0.6 is 0 Å². The van der Waals surface area contributed by atoms with Gasteiger partial charge >= 0.3 is 11.7 Å². The molecule has 0 saturated heterocycles. The summed E-state index contributed by atoms with van der Waals surface area (Å²) >= 11 is 0. The van der Waals surface area contributed by atoms with E-state index in [1.54, 1.807) is 0 Å². The number of rotatable bonds is 3. The van der Waals surface area contributed by atoms with Gasteiger partial charge in [0.05, 0.1) is 15.4 Å². The highest BCUT2D eigenvalue weighted by Crippen LogP contribution is 2.35. The van der Waals surface area contributed by atoms with Gasteiger partial charge in [0.25, 0.3) is 5.69 Å². The Morgan fingerprint density at radius 3 is 2.24 bits per heavy atom. The van der Waals surface area contributed by atoms with Gasteiger partial charge in [0.1, 0.15) is 11.3 Å². The lowest BCUT2D eigenvalue weighted by molar-refractivity contribution is -0.394. The molecule has 0 amide bonds. The van der Waals surface area contributed by atoms with E-state index in [0.29, 0.717) is 6.07 Å². The molecule has 1 aromatic carbocycles. The van der Waals surface area contributed by atoms with Gasteiger partial charge in [-0.25, -0.2) is 4.79 Å². The van der Waals surface area contributed by atoms with Crippen molar-refractivity contribution in [1.82, 2.24) is 0 Å². The second-order valence-corrected chi connectivity index (χ2v) is 3.15. The second-order valence-electron chi connectivity index (χ2n) is 3.15. The van der Waals surface area contributed by atoms with Gasteiger partial charge in [-0.3, -0.25) is 20.2 Å². The van der Waals surface area contributed by atoms with E-state index in [0.717, 1.165) is 6.92 Å². The number of carboxylic acid groups (broad SMARTS) is 1. The number of anilines is 1. The van der Waals surface area contributed by atoms with Gasteiger partial charge in [-0.2, -0.15) is 0 Å². The fraction of sp³-hybridized carbons (Fsp3) is 0.125. The van der Waals surface area contributed by atoms with E-state index in [-0.39, 0.29) is 5.56 Å². The minimum absolute atomic E-state index is 0.275. The largest absolute Gasteiger partial charge is 0.478 e. The van der Waals surface area contributed by atoms with Crippen LogP contribution in [0.3, 0.4) is 0 Å². The standard InChI is InChI=1S/C8H7N3O6/c1-3-5(10(14)15)2-4(8(12)13)6(9)7(3)11(16)17/h2H,9H2,1H3,(H,12,13). The molecule has 0 saturated carbocycles. The van der Waals surface area contributed by atoms with E-state index >= 15 is 0 Å². The highest BCUT2D eigenvalue weighted by atomic mass is 16.6. The molecule has 17 heavy (non-hydrogen) atoms. The molecule has 0 atom stereocenters. The number of carboxylic acids is 1. The van der Waals surface area contributed by atoms with Crippen LogP contribution in [0, 0.1) is 27.2 Å². The van der Waals surface area contributed by atoms with E-state index in [9.17, 15) is 25.0 Å². The molecular formula is C8H7N3O6. The maximum atomic E-state index is 10.8. The fourth-order valence-corrected chi connectivity index (χ4v) is 1.38. The van der Waals surface area contributed by atoms with Gasteiger partial charge in [-0.15, -0.1) is 0 Å². The molecule has 0 aliphatic rings. The molecule has 0 heterocycles. The summed E-state index contributed by atoms with van der Waals surface area (Å²) in [6.07, 6.45) is 0. The molecule has 0 aromatic heterocycles. The van der Waals surface area contributed by atoms with Crippen LogP contribution in [-0.4, -0.2) is 20.9 Å². The monoisotopic (exact) mass is 241 g/mol. The number of hydrogen-bond acceptors (Lipinski definition) is 6. The van der Waals surface area contributed by atoms with Crippen LogP contribution in [0.25, 0.3) is 0 Å². The summed E-state index contributed by atoms with van der Waals surface area (Å²) < 4.78 is 0. The Bertz CT molecular complexity index is 500. The van der Waals surface area contributed by atoms with E-state index in [1.165, 1.54) is 0 Å². The molecule has 3 N–H and O–H groups in total. The highest BCUT2D eigenvalue weighted by Gasteiger charge is 2.30. The predicted octanol–water partition coefficient (Wildman–Crippen LogP) is 1.09. The summed E-state index contributed by atoms with van der Waals surface area (Å²) in [5.74, 6) is -1.56. The van der Waals surface area contributed by atoms with Crippen LogP contribution in [0.15, 0.2) is 6.07 Å². The maximum Gasteiger partial charge on any atom is 0.338 e. The summed E-state index contributed by atoms with van der Waals surface area (Å²) in [6, 6.07) is 0.708. The summed E-state index contributed by atoms with van der Waals surface area (Å²) in [5, 5.41) is 30.1. The SMILES string of the molecule is Cc1c([N+](=O)[O-])cc(C(=O)O)c(N)c1[N+](=O)[O-]. The maximum absolute atomic E-state index is 10.8. The third-order valence-corrected chi connectivity index (χ3v) is 2.18. The Labute approximate surface area is 93.8 Å². The van der Waals surface area contributed by atoms with Crippen molar-refractivity contribution in [3.05, 3.63) is 37.4 Å². The van der Waals surface area contributed by atoms with Gasteiger partial charge in [0.15, 0.2) is 0 Å². The second kappa shape index (κ2) is 4.04. The molecular weight excluding hydrogens is 234 g/mol. The minimum atomic E-state index is -1.56. The Morgan fingerprint density at radius 1 is 1.35 bits per heavy atom. The van der Waals surface area contributed by atoms with Crippen molar-refractivity contribution in [3.63, 3.8) is 0 Å². The van der Waals surface area contributed by atoms with Crippen LogP contribution in [0.4, 0.5) is 17.1 Å². The minimum Gasteiger partial charge on any atom is -0.478 e. The van der Waals surface area contributed by atoms with Crippen molar-refractivity contribution < 1.29 is 19.7 Å². The fourth-order valence-electron chi connectivity index (χ4n) is 1.38. The smallest absolute Gasteiger partial charge is 0.338 e. The number of nitrogen functional groups attached to an aromatic ring is 1. The number of hydrogen-bond donors (Lipinski definition) is 2. The van der Waals surface area contributed by atoms with E-state index < -0.39 is 38.4 Å². The van der Waals surface area contributed by atoms with Gasteiger partial charge in [-0.05, 0) is 6.92 Å². The molecule has 1 rings (SSSR count). The molecule has 90 valence electrons. The number of carbonyl (C=O) groups is 1. The Kier molecular flexibility index (Phi) is 2.94. The Morgan fingerprint density at radius 2 is 1.88 bits per heavy atom. The van der Waals surface area contributed by atoms with Gasteiger partial charge in [0.2, 0.25) is 0 Å². The molecule has 0 spiro atoms. The van der Waals surface area contributed by atoms with Crippen molar-refractivity contribution in [2.75, 3.05) is 5.73 Å². The lowest BCUT2D eigenvalue weighted by Crippen LogP contribution is -2.09. The van der Waals surface area contributed by atoms with E-state index in [4.69, 9.17) is 10.8 Å². The first-order valence-corrected chi connectivity index (χ1v) is 4.22. The third kappa shape index (κ3) is 1.97. The van der Waals surface area contributed by atoms with Crippen molar-refractivity contribution >= 4 is 23.0 Å². The summed E-state index contributed by atoms with van der Waals surface area (Å²) in [6.45, 7) is 1.14. The molecule has 0 radical (unpaired) electrons.